The normalized spacial score (nSPS) is 27.1. The van der Waals surface area contributed by atoms with Crippen LogP contribution in [-0.2, 0) is 0 Å². The lowest BCUT2D eigenvalue weighted by atomic mass is 9.91. The number of aryl methyl sites for hydroxylation is 1. The number of benzene rings is 1. The Bertz CT molecular complexity index is 411. The highest BCUT2D eigenvalue weighted by Crippen LogP contribution is 2.42. The molecule has 17 heavy (non-hydrogen) atoms. The molecule has 0 aliphatic heterocycles. The summed E-state index contributed by atoms with van der Waals surface area (Å²) in [6, 6.07) is 6.66. The molecule has 0 spiro atoms. The molecule has 1 aromatic carbocycles. The quantitative estimate of drug-likeness (QED) is 0.790. The first kappa shape index (κ1) is 12.8. The highest BCUT2D eigenvalue weighted by atomic mass is 35.5. The van der Waals surface area contributed by atoms with Crippen LogP contribution in [0.1, 0.15) is 39.2 Å². The van der Waals surface area contributed by atoms with E-state index in [1.807, 2.05) is 12.1 Å². The van der Waals surface area contributed by atoms with E-state index in [-0.39, 0.29) is 0 Å². The third-order valence-electron chi connectivity index (χ3n) is 3.86. The summed E-state index contributed by atoms with van der Waals surface area (Å²) in [7, 11) is 0. The highest BCUT2D eigenvalue weighted by molar-refractivity contribution is 6.30. The molecule has 0 radical (unpaired) electrons. The molecule has 94 valence electrons. The molecule has 0 amide bonds. The van der Waals surface area contributed by atoms with Gasteiger partial charge in [0.25, 0.3) is 0 Å². The van der Waals surface area contributed by atoms with Gasteiger partial charge < -0.3 is 5.32 Å². The molecule has 1 aliphatic rings. The minimum atomic E-state index is 0.470. The number of hydrogen-bond donors (Lipinski definition) is 1. The smallest absolute Gasteiger partial charge is 0.0410 e. The molecular weight excluding hydrogens is 230 g/mol. The SMILES string of the molecule is Cc1cc(Cl)ccc1NC1CC(C)(C)CC1C. The van der Waals surface area contributed by atoms with E-state index in [1.54, 1.807) is 0 Å². The van der Waals surface area contributed by atoms with Crippen molar-refractivity contribution in [2.75, 3.05) is 5.32 Å². The number of nitrogens with one attached hydrogen (secondary N) is 1. The van der Waals surface area contributed by atoms with Gasteiger partial charge in [-0.15, -0.1) is 0 Å². The third kappa shape index (κ3) is 2.95. The number of rotatable bonds is 2. The maximum Gasteiger partial charge on any atom is 0.0410 e. The van der Waals surface area contributed by atoms with Gasteiger partial charge in [0.05, 0.1) is 0 Å². The predicted octanol–water partition coefficient (Wildman–Crippen LogP) is 4.89. The van der Waals surface area contributed by atoms with E-state index < -0.39 is 0 Å². The molecular formula is C15H22ClN. The van der Waals surface area contributed by atoms with E-state index in [9.17, 15) is 0 Å². The molecule has 1 saturated carbocycles. The van der Waals surface area contributed by atoms with E-state index >= 15 is 0 Å². The van der Waals surface area contributed by atoms with E-state index in [4.69, 9.17) is 11.6 Å². The molecule has 1 aliphatic carbocycles. The standard InChI is InChI=1S/C15H22ClN/c1-10-7-12(16)5-6-13(10)17-14-9-15(3,4)8-11(14)2/h5-7,11,14,17H,8-9H2,1-4H3. The molecule has 2 unspecified atom stereocenters. The van der Waals surface area contributed by atoms with Crippen molar-refractivity contribution in [3.63, 3.8) is 0 Å². The van der Waals surface area contributed by atoms with Crippen molar-refractivity contribution in [1.29, 1.82) is 0 Å². The van der Waals surface area contributed by atoms with Crippen molar-refractivity contribution in [1.82, 2.24) is 0 Å². The monoisotopic (exact) mass is 251 g/mol. The molecule has 2 rings (SSSR count). The summed E-state index contributed by atoms with van der Waals surface area (Å²) in [5, 5.41) is 4.50. The molecule has 0 heterocycles. The van der Waals surface area contributed by atoms with Gasteiger partial charge in [-0.1, -0.05) is 32.4 Å². The van der Waals surface area contributed by atoms with Crippen LogP contribution >= 0.6 is 11.6 Å². The molecule has 1 N–H and O–H groups in total. The molecule has 0 saturated heterocycles. The summed E-state index contributed by atoms with van der Waals surface area (Å²) in [6.45, 7) is 9.18. The maximum absolute atomic E-state index is 5.98. The summed E-state index contributed by atoms with van der Waals surface area (Å²) in [5.41, 5.74) is 2.93. The van der Waals surface area contributed by atoms with Gasteiger partial charge in [0, 0.05) is 16.8 Å². The van der Waals surface area contributed by atoms with Crippen LogP contribution in [0.25, 0.3) is 0 Å². The van der Waals surface area contributed by atoms with Crippen LogP contribution in [0.2, 0.25) is 5.02 Å². The largest absolute Gasteiger partial charge is 0.382 e. The fraction of sp³-hybridized carbons (Fsp3) is 0.600. The number of hydrogen-bond acceptors (Lipinski definition) is 1. The number of anilines is 1. The molecule has 1 nitrogen and oxygen atoms in total. The van der Waals surface area contributed by atoms with Gasteiger partial charge in [0.2, 0.25) is 0 Å². The van der Waals surface area contributed by atoms with E-state index in [2.05, 4.69) is 39.1 Å². The fourth-order valence-corrected chi connectivity index (χ4v) is 3.30. The Kier molecular flexibility index (Phi) is 3.40. The molecule has 1 aromatic rings. The van der Waals surface area contributed by atoms with E-state index in [0.29, 0.717) is 11.5 Å². The van der Waals surface area contributed by atoms with Crippen molar-refractivity contribution in [3.8, 4) is 0 Å². The topological polar surface area (TPSA) is 12.0 Å². The van der Waals surface area contributed by atoms with Crippen LogP contribution in [0.3, 0.4) is 0 Å². The lowest BCUT2D eigenvalue weighted by Crippen LogP contribution is -2.22. The van der Waals surface area contributed by atoms with Crippen LogP contribution in [0.5, 0.6) is 0 Å². The summed E-state index contributed by atoms with van der Waals surface area (Å²) in [4.78, 5) is 0. The second kappa shape index (κ2) is 4.53. The zero-order chi connectivity index (χ0) is 12.6. The highest BCUT2D eigenvalue weighted by Gasteiger charge is 2.36. The molecule has 0 aromatic heterocycles. The molecule has 2 heteroatoms. The van der Waals surface area contributed by atoms with Gasteiger partial charge in [-0.2, -0.15) is 0 Å². The molecule has 0 bridgehead atoms. The lowest BCUT2D eigenvalue weighted by Gasteiger charge is -2.21. The first-order chi connectivity index (χ1) is 7.87. The Morgan fingerprint density at radius 3 is 2.53 bits per heavy atom. The van der Waals surface area contributed by atoms with Crippen molar-refractivity contribution in [2.45, 2.75) is 46.6 Å². The molecule has 1 fully saturated rings. The van der Waals surface area contributed by atoms with Crippen LogP contribution in [-0.4, -0.2) is 6.04 Å². The first-order valence-electron chi connectivity index (χ1n) is 6.40. The Morgan fingerprint density at radius 2 is 2.00 bits per heavy atom. The lowest BCUT2D eigenvalue weighted by molar-refractivity contribution is 0.366. The van der Waals surface area contributed by atoms with Crippen molar-refractivity contribution in [3.05, 3.63) is 28.8 Å². The zero-order valence-electron chi connectivity index (χ0n) is 11.2. The summed E-state index contributed by atoms with van der Waals surface area (Å²) in [6.07, 6.45) is 2.55. The van der Waals surface area contributed by atoms with Gasteiger partial charge in [-0.25, -0.2) is 0 Å². The first-order valence-corrected chi connectivity index (χ1v) is 6.78. The average molecular weight is 252 g/mol. The van der Waals surface area contributed by atoms with Crippen LogP contribution in [0, 0.1) is 18.3 Å². The molecule has 2 atom stereocenters. The van der Waals surface area contributed by atoms with Gasteiger partial charge >= 0.3 is 0 Å². The Balaban J connectivity index is 2.11. The van der Waals surface area contributed by atoms with Crippen molar-refractivity contribution >= 4 is 17.3 Å². The second-order valence-corrected chi connectivity index (χ2v) is 6.70. The van der Waals surface area contributed by atoms with Gasteiger partial charge in [0.1, 0.15) is 0 Å². The van der Waals surface area contributed by atoms with E-state index in [0.717, 1.165) is 10.9 Å². The average Bonchev–Trinajstić information content (AvgIpc) is 2.44. The second-order valence-electron chi connectivity index (χ2n) is 6.26. The Hall–Kier alpha value is -0.690. The summed E-state index contributed by atoms with van der Waals surface area (Å²) in [5.74, 6) is 0.736. The maximum atomic E-state index is 5.98. The number of halogens is 1. The fourth-order valence-electron chi connectivity index (χ4n) is 3.08. The van der Waals surface area contributed by atoms with Crippen LogP contribution in [0.4, 0.5) is 5.69 Å². The Labute approximate surface area is 110 Å². The summed E-state index contributed by atoms with van der Waals surface area (Å²) >= 11 is 5.98. The summed E-state index contributed by atoms with van der Waals surface area (Å²) < 4.78 is 0. The van der Waals surface area contributed by atoms with Crippen LogP contribution < -0.4 is 5.32 Å². The van der Waals surface area contributed by atoms with Crippen molar-refractivity contribution < 1.29 is 0 Å². The minimum absolute atomic E-state index is 0.470. The van der Waals surface area contributed by atoms with Gasteiger partial charge in [-0.05, 0) is 54.9 Å². The van der Waals surface area contributed by atoms with Gasteiger partial charge in [0.15, 0.2) is 0 Å². The third-order valence-corrected chi connectivity index (χ3v) is 4.10. The Morgan fingerprint density at radius 1 is 1.29 bits per heavy atom. The van der Waals surface area contributed by atoms with E-state index in [1.165, 1.54) is 24.1 Å². The zero-order valence-corrected chi connectivity index (χ0v) is 11.9. The predicted molar refractivity (Wildman–Crippen MR) is 75.8 cm³/mol. The van der Waals surface area contributed by atoms with Crippen LogP contribution in [0.15, 0.2) is 18.2 Å². The minimum Gasteiger partial charge on any atom is -0.382 e. The van der Waals surface area contributed by atoms with Crippen molar-refractivity contribution in [2.24, 2.45) is 11.3 Å². The van der Waals surface area contributed by atoms with Gasteiger partial charge in [-0.3, -0.25) is 0 Å².